The first-order valence-corrected chi connectivity index (χ1v) is 10.4. The summed E-state index contributed by atoms with van der Waals surface area (Å²) in [4.78, 5) is 25.8. The molecular weight excluding hydrogens is 370 g/mol. The van der Waals surface area contributed by atoms with Gasteiger partial charge in [0.2, 0.25) is 16.9 Å². The molecule has 2 N–H and O–H groups in total. The average Bonchev–Trinajstić information content (AvgIpc) is 3.27. The van der Waals surface area contributed by atoms with Crippen LogP contribution in [0.1, 0.15) is 26.2 Å². The SMILES string of the molecule is CCCNc1nnc(SCC(=O)Nc2cccc(N3CCCC3=O)c2)s1. The van der Waals surface area contributed by atoms with Crippen LogP contribution < -0.4 is 15.5 Å². The molecule has 0 radical (unpaired) electrons. The number of aromatic nitrogens is 2. The molecule has 1 aromatic heterocycles. The Labute approximate surface area is 160 Å². The Morgan fingerprint density at radius 1 is 1.38 bits per heavy atom. The highest BCUT2D eigenvalue weighted by molar-refractivity contribution is 8.01. The number of benzene rings is 1. The van der Waals surface area contributed by atoms with E-state index in [4.69, 9.17) is 0 Å². The van der Waals surface area contributed by atoms with E-state index >= 15 is 0 Å². The summed E-state index contributed by atoms with van der Waals surface area (Å²) in [5.74, 6) is 0.279. The summed E-state index contributed by atoms with van der Waals surface area (Å²) < 4.78 is 0.759. The maximum absolute atomic E-state index is 12.2. The number of hydrogen-bond acceptors (Lipinski definition) is 7. The molecular formula is C17H21N5O2S2. The molecule has 1 aromatic carbocycles. The van der Waals surface area contributed by atoms with E-state index in [0.717, 1.165) is 41.1 Å². The van der Waals surface area contributed by atoms with E-state index in [1.165, 1.54) is 23.1 Å². The molecule has 2 heterocycles. The van der Waals surface area contributed by atoms with E-state index in [1.807, 2.05) is 24.3 Å². The predicted octanol–water partition coefficient (Wildman–Crippen LogP) is 3.22. The summed E-state index contributed by atoms with van der Waals surface area (Å²) in [5.41, 5.74) is 1.52. The fourth-order valence-corrected chi connectivity index (χ4v) is 4.15. The van der Waals surface area contributed by atoms with Crippen molar-refractivity contribution in [1.29, 1.82) is 0 Å². The third kappa shape index (κ3) is 4.95. The second kappa shape index (κ2) is 9.00. The van der Waals surface area contributed by atoms with Gasteiger partial charge in [0, 0.05) is 30.9 Å². The lowest BCUT2D eigenvalue weighted by molar-refractivity contribution is -0.117. The van der Waals surface area contributed by atoms with Gasteiger partial charge in [0.15, 0.2) is 4.34 Å². The Kier molecular flexibility index (Phi) is 6.45. The molecule has 2 amide bonds. The number of carbonyl (C=O) groups is 2. The molecule has 9 heteroatoms. The molecule has 26 heavy (non-hydrogen) atoms. The van der Waals surface area contributed by atoms with Gasteiger partial charge in [0.1, 0.15) is 0 Å². The average molecular weight is 392 g/mol. The van der Waals surface area contributed by atoms with Crippen molar-refractivity contribution < 1.29 is 9.59 Å². The number of hydrogen-bond donors (Lipinski definition) is 2. The molecule has 1 fully saturated rings. The summed E-state index contributed by atoms with van der Waals surface area (Å²) in [6.07, 6.45) is 2.49. The summed E-state index contributed by atoms with van der Waals surface area (Å²) in [6.45, 7) is 3.68. The predicted molar refractivity (Wildman–Crippen MR) is 106 cm³/mol. The zero-order valence-corrected chi connectivity index (χ0v) is 16.2. The highest BCUT2D eigenvalue weighted by Crippen LogP contribution is 2.26. The topological polar surface area (TPSA) is 87.2 Å². The summed E-state index contributed by atoms with van der Waals surface area (Å²) in [7, 11) is 0. The number of carbonyl (C=O) groups excluding carboxylic acids is 2. The Balaban J connectivity index is 1.52. The van der Waals surface area contributed by atoms with Gasteiger partial charge in [-0.05, 0) is 31.0 Å². The Hall–Kier alpha value is -2.13. The van der Waals surface area contributed by atoms with Crippen molar-refractivity contribution in [3.8, 4) is 0 Å². The smallest absolute Gasteiger partial charge is 0.234 e. The van der Waals surface area contributed by atoms with Crippen molar-refractivity contribution in [2.75, 3.05) is 34.4 Å². The minimum atomic E-state index is -0.113. The van der Waals surface area contributed by atoms with Gasteiger partial charge in [-0.1, -0.05) is 36.1 Å². The summed E-state index contributed by atoms with van der Waals surface area (Å²) in [5, 5.41) is 14.9. The summed E-state index contributed by atoms with van der Waals surface area (Å²) in [6, 6.07) is 7.40. The first-order valence-electron chi connectivity index (χ1n) is 8.56. The molecule has 1 saturated heterocycles. The van der Waals surface area contributed by atoms with Crippen molar-refractivity contribution in [2.45, 2.75) is 30.5 Å². The van der Waals surface area contributed by atoms with E-state index in [9.17, 15) is 9.59 Å². The standard InChI is InChI=1S/C17H21N5O2S2/c1-2-8-18-16-20-21-17(26-16)25-11-14(23)19-12-5-3-6-13(10-12)22-9-4-7-15(22)24/h3,5-6,10H,2,4,7-9,11H2,1H3,(H,18,20)(H,19,23). The first-order chi connectivity index (χ1) is 12.7. The number of thioether (sulfide) groups is 1. The van der Waals surface area contributed by atoms with Crippen LogP contribution in [-0.4, -0.2) is 40.9 Å². The van der Waals surface area contributed by atoms with Gasteiger partial charge in [0.25, 0.3) is 0 Å². The highest BCUT2D eigenvalue weighted by Gasteiger charge is 2.21. The zero-order valence-electron chi connectivity index (χ0n) is 14.5. The Morgan fingerprint density at radius 3 is 3.04 bits per heavy atom. The lowest BCUT2D eigenvalue weighted by Crippen LogP contribution is -2.23. The molecule has 1 aliphatic rings. The number of anilines is 3. The fourth-order valence-electron chi connectivity index (χ4n) is 2.57. The zero-order chi connectivity index (χ0) is 18.4. The minimum absolute atomic E-state index is 0.113. The fraction of sp³-hybridized carbons (Fsp3) is 0.412. The van der Waals surface area contributed by atoms with Gasteiger partial charge >= 0.3 is 0 Å². The van der Waals surface area contributed by atoms with Gasteiger partial charge < -0.3 is 15.5 Å². The van der Waals surface area contributed by atoms with Gasteiger partial charge in [-0.25, -0.2) is 0 Å². The van der Waals surface area contributed by atoms with Gasteiger partial charge in [-0.15, -0.1) is 10.2 Å². The Morgan fingerprint density at radius 2 is 2.27 bits per heavy atom. The third-order valence-corrected chi connectivity index (χ3v) is 5.79. The van der Waals surface area contributed by atoms with Crippen molar-refractivity contribution in [2.24, 2.45) is 0 Å². The van der Waals surface area contributed by atoms with Crippen LogP contribution in [0.3, 0.4) is 0 Å². The highest BCUT2D eigenvalue weighted by atomic mass is 32.2. The van der Waals surface area contributed by atoms with E-state index in [0.29, 0.717) is 12.1 Å². The van der Waals surface area contributed by atoms with Crippen LogP contribution in [0, 0.1) is 0 Å². The molecule has 3 rings (SSSR count). The third-order valence-electron chi connectivity index (χ3n) is 3.77. The lowest BCUT2D eigenvalue weighted by Gasteiger charge is -2.16. The normalized spacial score (nSPS) is 13.9. The number of rotatable bonds is 8. The molecule has 7 nitrogen and oxygen atoms in total. The van der Waals surface area contributed by atoms with Crippen LogP contribution in [0.25, 0.3) is 0 Å². The van der Waals surface area contributed by atoms with Crippen LogP contribution in [0.2, 0.25) is 0 Å². The molecule has 138 valence electrons. The minimum Gasteiger partial charge on any atom is -0.360 e. The lowest BCUT2D eigenvalue weighted by atomic mass is 10.2. The van der Waals surface area contributed by atoms with Crippen molar-refractivity contribution >= 4 is 51.4 Å². The van der Waals surface area contributed by atoms with Gasteiger partial charge in [-0.3, -0.25) is 9.59 Å². The van der Waals surface area contributed by atoms with Crippen LogP contribution in [0.5, 0.6) is 0 Å². The van der Waals surface area contributed by atoms with E-state index < -0.39 is 0 Å². The monoisotopic (exact) mass is 391 g/mol. The van der Waals surface area contributed by atoms with E-state index in [1.54, 1.807) is 4.90 Å². The van der Waals surface area contributed by atoms with Crippen LogP contribution in [0.15, 0.2) is 28.6 Å². The van der Waals surface area contributed by atoms with Crippen LogP contribution in [0.4, 0.5) is 16.5 Å². The molecule has 0 atom stereocenters. The van der Waals surface area contributed by atoms with Crippen molar-refractivity contribution in [3.63, 3.8) is 0 Å². The molecule has 1 aliphatic heterocycles. The summed E-state index contributed by atoms with van der Waals surface area (Å²) >= 11 is 2.81. The maximum atomic E-state index is 12.2. The quantitative estimate of drug-likeness (QED) is 0.672. The largest absolute Gasteiger partial charge is 0.360 e. The van der Waals surface area contributed by atoms with Gasteiger partial charge in [-0.2, -0.15) is 0 Å². The Bertz CT molecular complexity index is 780. The second-order valence-electron chi connectivity index (χ2n) is 5.84. The molecule has 2 aromatic rings. The maximum Gasteiger partial charge on any atom is 0.234 e. The second-order valence-corrected chi connectivity index (χ2v) is 8.04. The number of nitrogens with one attached hydrogen (secondary N) is 2. The van der Waals surface area contributed by atoms with Crippen LogP contribution in [-0.2, 0) is 9.59 Å². The van der Waals surface area contributed by atoms with E-state index in [2.05, 4.69) is 27.8 Å². The van der Waals surface area contributed by atoms with Crippen molar-refractivity contribution in [3.05, 3.63) is 24.3 Å². The first kappa shape index (κ1) is 18.7. The molecule has 0 aliphatic carbocycles. The molecule has 0 bridgehead atoms. The molecule has 0 saturated carbocycles. The number of nitrogens with zero attached hydrogens (tertiary/aromatic N) is 3. The number of amides is 2. The van der Waals surface area contributed by atoms with Crippen LogP contribution >= 0.6 is 23.1 Å². The molecule has 0 unspecified atom stereocenters. The molecule has 0 spiro atoms. The van der Waals surface area contributed by atoms with E-state index in [-0.39, 0.29) is 17.6 Å². The van der Waals surface area contributed by atoms with Gasteiger partial charge in [0.05, 0.1) is 5.75 Å². The van der Waals surface area contributed by atoms with Crippen molar-refractivity contribution in [1.82, 2.24) is 10.2 Å².